The first-order valence-corrected chi connectivity index (χ1v) is 7.67. The molecule has 0 fully saturated rings. The number of aromatic nitrogens is 2. The van der Waals surface area contributed by atoms with Gasteiger partial charge in [0.25, 0.3) is 0 Å². The molecule has 1 rings (SSSR count). The highest BCUT2D eigenvalue weighted by atomic mass is 16.5. The molecule has 0 bridgehead atoms. The zero-order chi connectivity index (χ0) is 17.8. The van der Waals surface area contributed by atoms with Gasteiger partial charge in [0.15, 0.2) is 0 Å². The first-order valence-electron chi connectivity index (χ1n) is 7.67. The summed E-state index contributed by atoms with van der Waals surface area (Å²) in [7, 11) is 1.97. The Hall–Kier alpha value is -2.78. The third-order valence-corrected chi connectivity index (χ3v) is 3.05. The standard InChI is InChI=1S/C18H24N4O2/c1-4-8-16(22-13-10-17(19)20-18(22)23)9-6-14-24-15-7-12-21(3)11-5-2/h2,4,6,8-10,13-14H,7,11-12,15H2,1,3H3,(H2,19,20,23)/b8-4-,14-6+,16-9+. The van der Waals surface area contributed by atoms with E-state index in [1.807, 2.05) is 20.0 Å². The van der Waals surface area contributed by atoms with Crippen LogP contribution in [0.15, 0.2) is 47.6 Å². The summed E-state index contributed by atoms with van der Waals surface area (Å²) in [5.41, 5.74) is 5.74. The number of anilines is 1. The molecule has 0 saturated heterocycles. The van der Waals surface area contributed by atoms with Crippen molar-refractivity contribution in [1.82, 2.24) is 14.5 Å². The molecule has 6 nitrogen and oxygen atoms in total. The van der Waals surface area contributed by atoms with Crippen LogP contribution in [0.25, 0.3) is 5.70 Å². The van der Waals surface area contributed by atoms with Gasteiger partial charge in [-0.2, -0.15) is 4.98 Å². The topological polar surface area (TPSA) is 73.4 Å². The molecule has 0 aliphatic carbocycles. The lowest BCUT2D eigenvalue weighted by atomic mass is 10.3. The van der Waals surface area contributed by atoms with Crippen molar-refractivity contribution in [1.29, 1.82) is 0 Å². The summed E-state index contributed by atoms with van der Waals surface area (Å²) < 4.78 is 6.84. The zero-order valence-corrected chi connectivity index (χ0v) is 14.2. The van der Waals surface area contributed by atoms with Gasteiger partial charge >= 0.3 is 5.69 Å². The third-order valence-electron chi connectivity index (χ3n) is 3.05. The van der Waals surface area contributed by atoms with Crippen molar-refractivity contribution < 1.29 is 4.74 Å². The summed E-state index contributed by atoms with van der Waals surface area (Å²) in [6, 6.07) is 1.58. The lowest BCUT2D eigenvalue weighted by Gasteiger charge is -2.12. The van der Waals surface area contributed by atoms with E-state index in [1.54, 1.807) is 36.8 Å². The fourth-order valence-corrected chi connectivity index (χ4v) is 1.91. The molecular formula is C18H24N4O2. The highest BCUT2D eigenvalue weighted by Gasteiger charge is 2.00. The van der Waals surface area contributed by atoms with Crippen LogP contribution in [0.5, 0.6) is 0 Å². The van der Waals surface area contributed by atoms with Crippen LogP contribution in [0.1, 0.15) is 13.3 Å². The molecule has 0 aliphatic heterocycles. The van der Waals surface area contributed by atoms with Crippen LogP contribution in [0.2, 0.25) is 0 Å². The van der Waals surface area contributed by atoms with Crippen LogP contribution in [-0.4, -0.2) is 41.2 Å². The summed E-state index contributed by atoms with van der Waals surface area (Å²) in [6.07, 6.45) is 16.5. The number of nitrogens with zero attached hydrogens (tertiary/aromatic N) is 3. The van der Waals surface area contributed by atoms with E-state index < -0.39 is 5.69 Å². The van der Waals surface area contributed by atoms with E-state index in [-0.39, 0.29) is 5.82 Å². The Morgan fingerprint density at radius 2 is 2.38 bits per heavy atom. The SMILES string of the molecule is C#CCN(C)CCCO/C=C/C=C(\C=C/C)n1ccc(N)nc1=O. The maximum Gasteiger partial charge on any atom is 0.354 e. The Morgan fingerprint density at radius 1 is 1.58 bits per heavy atom. The predicted molar refractivity (Wildman–Crippen MR) is 98.0 cm³/mol. The molecule has 128 valence electrons. The maximum atomic E-state index is 11.9. The summed E-state index contributed by atoms with van der Waals surface area (Å²) in [6.45, 7) is 3.98. The van der Waals surface area contributed by atoms with Gasteiger partial charge in [-0.3, -0.25) is 9.47 Å². The van der Waals surface area contributed by atoms with Crippen molar-refractivity contribution in [3.8, 4) is 12.3 Å². The van der Waals surface area contributed by atoms with Gasteiger partial charge in [-0.05, 0) is 44.7 Å². The van der Waals surface area contributed by atoms with Crippen LogP contribution in [0, 0.1) is 12.3 Å². The van der Waals surface area contributed by atoms with E-state index in [4.69, 9.17) is 16.9 Å². The average Bonchev–Trinajstić information content (AvgIpc) is 2.53. The molecule has 24 heavy (non-hydrogen) atoms. The number of nitrogens with two attached hydrogens (primary N) is 1. The number of rotatable bonds is 9. The Balaban J connectivity index is 2.58. The molecule has 0 aliphatic rings. The number of ether oxygens (including phenoxy) is 1. The van der Waals surface area contributed by atoms with Crippen molar-refractivity contribution in [3.05, 3.63) is 53.3 Å². The number of terminal acetylenes is 1. The molecule has 0 atom stereocenters. The van der Waals surface area contributed by atoms with Gasteiger partial charge in [-0.15, -0.1) is 6.42 Å². The van der Waals surface area contributed by atoms with Gasteiger partial charge < -0.3 is 10.5 Å². The smallest absolute Gasteiger partial charge is 0.354 e. The van der Waals surface area contributed by atoms with Crippen molar-refractivity contribution >= 4 is 11.5 Å². The van der Waals surface area contributed by atoms with Crippen molar-refractivity contribution in [2.75, 3.05) is 32.5 Å². The molecule has 1 aromatic heterocycles. The molecule has 0 aromatic carbocycles. The average molecular weight is 328 g/mol. The van der Waals surface area contributed by atoms with Gasteiger partial charge in [0.1, 0.15) is 5.82 Å². The van der Waals surface area contributed by atoms with Gasteiger partial charge in [-0.25, -0.2) is 4.79 Å². The molecule has 1 aromatic rings. The highest BCUT2D eigenvalue weighted by molar-refractivity contribution is 5.58. The third kappa shape index (κ3) is 6.99. The Morgan fingerprint density at radius 3 is 3.04 bits per heavy atom. The molecule has 0 amide bonds. The lowest BCUT2D eigenvalue weighted by molar-refractivity contribution is 0.225. The fraction of sp³-hybridized carbons (Fsp3) is 0.333. The second kappa shape index (κ2) is 10.9. The minimum absolute atomic E-state index is 0.199. The summed E-state index contributed by atoms with van der Waals surface area (Å²) in [5.74, 6) is 2.79. The molecule has 0 radical (unpaired) electrons. The Labute approximate surface area is 142 Å². The second-order valence-electron chi connectivity index (χ2n) is 5.09. The number of hydrogen-bond donors (Lipinski definition) is 1. The first-order chi connectivity index (χ1) is 11.6. The molecule has 0 spiro atoms. The van der Waals surface area contributed by atoms with Crippen LogP contribution in [0.3, 0.4) is 0 Å². The predicted octanol–water partition coefficient (Wildman–Crippen LogP) is 1.73. The second-order valence-corrected chi connectivity index (χ2v) is 5.09. The van der Waals surface area contributed by atoms with Gasteiger partial charge in [0.2, 0.25) is 0 Å². The highest BCUT2D eigenvalue weighted by Crippen LogP contribution is 2.04. The normalized spacial score (nSPS) is 12.2. The largest absolute Gasteiger partial charge is 0.501 e. The molecular weight excluding hydrogens is 304 g/mol. The summed E-state index contributed by atoms with van der Waals surface area (Å²) in [5, 5.41) is 0. The number of hydrogen-bond acceptors (Lipinski definition) is 5. The van der Waals surface area contributed by atoms with Gasteiger partial charge in [0, 0.05) is 18.4 Å². The van der Waals surface area contributed by atoms with Crippen molar-refractivity contribution in [2.45, 2.75) is 13.3 Å². The van der Waals surface area contributed by atoms with Crippen molar-refractivity contribution in [3.63, 3.8) is 0 Å². The van der Waals surface area contributed by atoms with E-state index in [1.165, 1.54) is 4.57 Å². The Kier molecular flexibility index (Phi) is 8.72. The monoisotopic (exact) mass is 328 g/mol. The molecule has 0 saturated carbocycles. The first kappa shape index (κ1) is 19.3. The molecule has 6 heteroatoms. The van der Waals surface area contributed by atoms with E-state index >= 15 is 0 Å². The maximum absolute atomic E-state index is 11.9. The van der Waals surface area contributed by atoms with Gasteiger partial charge in [-0.1, -0.05) is 12.0 Å². The lowest BCUT2D eigenvalue weighted by Crippen LogP contribution is -2.21. The van der Waals surface area contributed by atoms with Crippen LogP contribution in [0.4, 0.5) is 5.82 Å². The van der Waals surface area contributed by atoms with E-state index in [9.17, 15) is 4.79 Å². The minimum atomic E-state index is -0.426. The zero-order valence-electron chi connectivity index (χ0n) is 14.2. The van der Waals surface area contributed by atoms with Crippen LogP contribution in [-0.2, 0) is 4.74 Å². The quantitative estimate of drug-likeness (QED) is 0.323. The van der Waals surface area contributed by atoms with E-state index in [0.29, 0.717) is 18.8 Å². The van der Waals surface area contributed by atoms with Crippen molar-refractivity contribution in [2.24, 2.45) is 0 Å². The Bertz CT molecular complexity index is 696. The van der Waals surface area contributed by atoms with Crippen LogP contribution < -0.4 is 11.4 Å². The number of nitrogen functional groups attached to an aromatic ring is 1. The fourth-order valence-electron chi connectivity index (χ4n) is 1.91. The molecule has 1 heterocycles. The van der Waals surface area contributed by atoms with Crippen LogP contribution >= 0.6 is 0 Å². The summed E-state index contributed by atoms with van der Waals surface area (Å²) in [4.78, 5) is 17.6. The molecule has 0 unspecified atom stereocenters. The van der Waals surface area contributed by atoms with E-state index in [2.05, 4.69) is 15.8 Å². The van der Waals surface area contributed by atoms with Gasteiger partial charge in [0.05, 0.1) is 19.4 Å². The summed E-state index contributed by atoms with van der Waals surface area (Å²) >= 11 is 0. The van der Waals surface area contributed by atoms with E-state index in [0.717, 1.165) is 13.0 Å². The minimum Gasteiger partial charge on any atom is -0.501 e. The number of allylic oxidation sites excluding steroid dienone is 5. The molecule has 2 N–H and O–H groups in total.